The zero-order chi connectivity index (χ0) is 29.7. The molecule has 0 amide bonds. The first kappa shape index (κ1) is 30.2. The summed E-state index contributed by atoms with van der Waals surface area (Å²) in [5.74, 6) is -2.78. The van der Waals surface area contributed by atoms with Gasteiger partial charge in [0.1, 0.15) is 10.8 Å². The van der Waals surface area contributed by atoms with Gasteiger partial charge in [-0.3, -0.25) is 14.4 Å². The van der Waals surface area contributed by atoms with Crippen molar-refractivity contribution in [2.45, 2.75) is 24.6 Å². The average Bonchev–Trinajstić information content (AvgIpc) is 3.28. The Balaban J connectivity index is 1.79. The summed E-state index contributed by atoms with van der Waals surface area (Å²) in [6.07, 6.45) is 1.03. The molecule has 2 heterocycles. The van der Waals surface area contributed by atoms with Crippen LogP contribution in [0.3, 0.4) is 0 Å². The number of piperidine rings is 1. The predicted octanol–water partition coefficient (Wildman–Crippen LogP) is 4.32. The van der Waals surface area contributed by atoms with Gasteiger partial charge in [-0.05, 0) is 43.6 Å². The third-order valence-corrected chi connectivity index (χ3v) is 9.81. The van der Waals surface area contributed by atoms with Gasteiger partial charge >= 0.3 is 11.9 Å². The molecule has 0 unspecified atom stereocenters. The maximum Gasteiger partial charge on any atom is 0.351 e. The van der Waals surface area contributed by atoms with E-state index in [0.29, 0.717) is 42.1 Å². The van der Waals surface area contributed by atoms with Gasteiger partial charge in [-0.2, -0.15) is 0 Å². The number of benzene rings is 2. The van der Waals surface area contributed by atoms with Crippen LogP contribution >= 0.6 is 22.9 Å². The largest absolute Gasteiger partial charge is 0.479 e. The highest BCUT2D eigenvalue weighted by Crippen LogP contribution is 2.46. The molecule has 12 nitrogen and oxygen atoms in total. The summed E-state index contributed by atoms with van der Waals surface area (Å²) in [5, 5.41) is 23.8. The van der Waals surface area contributed by atoms with Crippen LogP contribution in [0.2, 0.25) is 5.02 Å². The van der Waals surface area contributed by atoms with Crippen molar-refractivity contribution in [1.29, 1.82) is 0 Å². The van der Waals surface area contributed by atoms with Crippen LogP contribution in [-0.4, -0.2) is 63.2 Å². The molecule has 4 rings (SSSR count). The molecule has 0 aliphatic carbocycles. The van der Waals surface area contributed by atoms with E-state index in [1.807, 2.05) is 0 Å². The lowest BCUT2D eigenvalue weighted by Crippen LogP contribution is -2.46. The number of rotatable bonds is 11. The first-order valence-electron chi connectivity index (χ1n) is 12.3. The molecule has 1 aliphatic rings. The van der Waals surface area contributed by atoms with E-state index in [0.717, 1.165) is 18.4 Å². The number of carbonyl (C=O) groups is 2. The molecule has 2 N–H and O–H groups in total. The number of nitro benzene ring substituents is 1. The third-order valence-electron chi connectivity index (χ3n) is 6.35. The molecule has 41 heavy (non-hydrogen) atoms. The SMILES string of the molecule is COC(=O)c1sc(-c2cccc(N(C3CCNCC3)S(=O)(=O)Cc3ccccc3[N+](=O)[O-])c2)c(Cl)c1OCC(=O)O. The maximum absolute atomic E-state index is 13.9. The number of halogens is 1. The average molecular weight is 624 g/mol. The Bertz CT molecular complexity index is 1570. The van der Waals surface area contributed by atoms with Crippen LogP contribution in [0.1, 0.15) is 28.1 Å². The molecule has 2 aromatic carbocycles. The lowest BCUT2D eigenvalue weighted by atomic mass is 10.1. The van der Waals surface area contributed by atoms with Gasteiger partial charge < -0.3 is 19.9 Å². The van der Waals surface area contributed by atoms with Crippen molar-refractivity contribution in [1.82, 2.24) is 5.32 Å². The zero-order valence-electron chi connectivity index (χ0n) is 21.7. The fourth-order valence-electron chi connectivity index (χ4n) is 4.57. The Hall–Kier alpha value is -3.72. The molecular formula is C26H26ClN3O9S2. The fraction of sp³-hybridized carbons (Fsp3) is 0.308. The minimum atomic E-state index is -4.12. The number of nitrogens with zero attached hydrogens (tertiary/aromatic N) is 2. The summed E-state index contributed by atoms with van der Waals surface area (Å²) in [4.78, 5) is 34.7. The lowest BCUT2D eigenvalue weighted by molar-refractivity contribution is -0.385. The topological polar surface area (TPSA) is 165 Å². The van der Waals surface area contributed by atoms with Crippen LogP contribution in [0.5, 0.6) is 5.75 Å². The summed E-state index contributed by atoms with van der Waals surface area (Å²) < 4.78 is 39.3. The number of hydrogen-bond acceptors (Lipinski definition) is 10. The monoisotopic (exact) mass is 623 g/mol. The first-order chi connectivity index (χ1) is 19.5. The highest BCUT2D eigenvalue weighted by Gasteiger charge is 2.34. The standard InChI is InChI=1S/C26H26ClN3O9S2/c1-38-26(33)25-23(39-14-21(31)32)22(27)24(40-25)16-6-4-7-19(13-16)29(18-9-11-28-12-10-18)41(36,37)15-17-5-2-3-8-20(17)30(34)35/h2-8,13,18,28H,9-12,14-15H2,1H3,(H,31,32). The van der Waals surface area contributed by atoms with E-state index < -0.39 is 45.3 Å². The van der Waals surface area contributed by atoms with Crippen molar-refractivity contribution in [3.8, 4) is 16.2 Å². The number of esters is 1. The molecule has 218 valence electrons. The van der Waals surface area contributed by atoms with Gasteiger partial charge in [-0.15, -0.1) is 11.3 Å². The molecule has 1 aliphatic heterocycles. The summed E-state index contributed by atoms with van der Waals surface area (Å²) in [7, 11) is -2.96. The molecule has 0 saturated carbocycles. The van der Waals surface area contributed by atoms with E-state index in [-0.39, 0.29) is 26.9 Å². The minimum absolute atomic E-state index is 0.0232. The molecule has 1 saturated heterocycles. The maximum atomic E-state index is 13.9. The van der Waals surface area contributed by atoms with Crippen molar-refractivity contribution < 1.29 is 37.5 Å². The van der Waals surface area contributed by atoms with Crippen LogP contribution in [0, 0.1) is 10.1 Å². The van der Waals surface area contributed by atoms with Crippen LogP contribution in [-0.2, 0) is 25.3 Å². The lowest BCUT2D eigenvalue weighted by Gasteiger charge is -2.35. The Kier molecular flexibility index (Phi) is 9.48. The Labute approximate surface area is 244 Å². The van der Waals surface area contributed by atoms with Crippen LogP contribution < -0.4 is 14.4 Å². The normalized spacial score (nSPS) is 13.9. The van der Waals surface area contributed by atoms with E-state index in [9.17, 15) is 28.1 Å². The van der Waals surface area contributed by atoms with Gasteiger partial charge in [0.15, 0.2) is 17.2 Å². The van der Waals surface area contributed by atoms with E-state index in [2.05, 4.69) is 5.32 Å². The number of ether oxygens (including phenoxy) is 2. The van der Waals surface area contributed by atoms with E-state index in [1.165, 1.54) is 22.5 Å². The Morgan fingerprint density at radius 1 is 1.20 bits per heavy atom. The number of thiophene rings is 1. The number of sulfonamides is 1. The van der Waals surface area contributed by atoms with Crippen molar-refractivity contribution >= 4 is 56.3 Å². The third kappa shape index (κ3) is 6.78. The number of nitrogens with one attached hydrogen (secondary N) is 1. The van der Waals surface area contributed by atoms with Crippen LogP contribution in [0.15, 0.2) is 48.5 Å². The van der Waals surface area contributed by atoms with E-state index in [1.54, 1.807) is 30.3 Å². The molecule has 3 aromatic rings. The van der Waals surface area contributed by atoms with Gasteiger partial charge in [-0.25, -0.2) is 18.0 Å². The second-order valence-corrected chi connectivity index (χ2v) is 12.3. The second-order valence-electron chi connectivity index (χ2n) is 9.05. The van der Waals surface area contributed by atoms with Crippen molar-refractivity contribution in [3.63, 3.8) is 0 Å². The van der Waals surface area contributed by atoms with Crippen molar-refractivity contribution in [3.05, 3.63) is 74.1 Å². The number of anilines is 1. The zero-order valence-corrected chi connectivity index (χ0v) is 24.1. The van der Waals surface area contributed by atoms with Gasteiger partial charge in [0, 0.05) is 17.7 Å². The van der Waals surface area contributed by atoms with Crippen LogP contribution in [0.25, 0.3) is 10.4 Å². The van der Waals surface area contributed by atoms with E-state index >= 15 is 0 Å². The molecule has 1 aromatic heterocycles. The van der Waals surface area contributed by atoms with Crippen molar-refractivity contribution in [2.75, 3.05) is 31.1 Å². The molecule has 0 spiro atoms. The highest BCUT2D eigenvalue weighted by atomic mass is 35.5. The van der Waals surface area contributed by atoms with Gasteiger partial charge in [0.05, 0.1) is 22.6 Å². The number of hydrogen-bond donors (Lipinski definition) is 2. The predicted molar refractivity (Wildman–Crippen MR) is 153 cm³/mol. The van der Waals surface area contributed by atoms with Gasteiger partial charge in [0.25, 0.3) is 5.69 Å². The quantitative estimate of drug-likeness (QED) is 0.178. The first-order valence-corrected chi connectivity index (χ1v) is 15.1. The van der Waals surface area contributed by atoms with Gasteiger partial charge in [0.2, 0.25) is 10.0 Å². The fourth-order valence-corrected chi connectivity index (χ4v) is 7.93. The molecule has 15 heteroatoms. The number of methoxy groups -OCH3 is 1. The molecule has 1 fully saturated rings. The van der Waals surface area contributed by atoms with E-state index in [4.69, 9.17) is 26.2 Å². The molecule has 0 bridgehead atoms. The number of aliphatic carboxylic acids is 1. The summed E-state index contributed by atoms with van der Waals surface area (Å²) in [6, 6.07) is 11.8. The number of para-hydroxylation sites is 1. The number of nitro groups is 1. The number of carbonyl (C=O) groups excluding carboxylic acids is 1. The number of carboxylic acid groups (broad SMARTS) is 1. The Morgan fingerprint density at radius 2 is 1.90 bits per heavy atom. The van der Waals surface area contributed by atoms with Crippen molar-refractivity contribution in [2.24, 2.45) is 0 Å². The molecule has 0 atom stereocenters. The minimum Gasteiger partial charge on any atom is -0.479 e. The van der Waals surface area contributed by atoms with Crippen LogP contribution in [0.4, 0.5) is 11.4 Å². The second kappa shape index (κ2) is 12.9. The smallest absolute Gasteiger partial charge is 0.351 e. The molecule has 0 radical (unpaired) electrons. The molecular weight excluding hydrogens is 598 g/mol. The summed E-state index contributed by atoms with van der Waals surface area (Å²) in [6.45, 7) is 0.435. The number of carboxylic acids is 1. The summed E-state index contributed by atoms with van der Waals surface area (Å²) >= 11 is 7.47. The Morgan fingerprint density at radius 3 is 2.56 bits per heavy atom. The summed E-state index contributed by atoms with van der Waals surface area (Å²) in [5.41, 5.74) is 0.541. The van der Waals surface area contributed by atoms with Gasteiger partial charge in [-0.1, -0.05) is 41.9 Å². The highest BCUT2D eigenvalue weighted by molar-refractivity contribution is 7.92.